The summed E-state index contributed by atoms with van der Waals surface area (Å²) < 4.78 is 15.1. The molecule has 0 N–H and O–H groups in total. The summed E-state index contributed by atoms with van der Waals surface area (Å²) in [6, 6.07) is 20.3. The van der Waals surface area contributed by atoms with E-state index in [1.165, 1.54) is 29.2 Å². The quantitative estimate of drug-likeness (QED) is 0.334. The number of pyridine rings is 1. The second-order valence-electron chi connectivity index (χ2n) is 6.97. The van der Waals surface area contributed by atoms with Crippen molar-refractivity contribution < 1.29 is 9.18 Å². The number of benzene rings is 2. The number of hydrogen-bond acceptors (Lipinski definition) is 4. The highest BCUT2D eigenvalue weighted by molar-refractivity contribution is 6.30. The van der Waals surface area contributed by atoms with Crippen molar-refractivity contribution in [3.63, 3.8) is 0 Å². The Hall–Kier alpha value is -4.10. The van der Waals surface area contributed by atoms with Gasteiger partial charge in [0.1, 0.15) is 17.3 Å². The number of nitrogens with zero attached hydrogens (tertiary/aromatic N) is 5. The number of aromatic nitrogens is 4. The molecule has 156 valence electrons. The Morgan fingerprint density at radius 1 is 0.938 bits per heavy atom. The molecule has 0 spiro atoms. The Kier molecular flexibility index (Phi) is 5.09. The molecule has 0 radical (unpaired) electrons. The third-order valence-corrected chi connectivity index (χ3v) is 5.20. The molecule has 2 aromatic carbocycles. The molecular formula is C24H15ClFN5O. The lowest BCUT2D eigenvalue weighted by atomic mass is 10.1. The van der Waals surface area contributed by atoms with Gasteiger partial charge in [0.05, 0.1) is 11.4 Å². The van der Waals surface area contributed by atoms with Crippen LogP contribution in [0.5, 0.6) is 0 Å². The normalized spacial score (nSPS) is 10.9. The van der Waals surface area contributed by atoms with Gasteiger partial charge in [-0.3, -0.25) is 9.69 Å². The van der Waals surface area contributed by atoms with Gasteiger partial charge in [-0.2, -0.15) is 5.10 Å². The maximum Gasteiger partial charge on any atom is 0.219 e. The average molecular weight is 444 g/mol. The Bertz CT molecular complexity index is 1430. The van der Waals surface area contributed by atoms with Crippen LogP contribution in [-0.2, 0) is 4.79 Å². The van der Waals surface area contributed by atoms with Gasteiger partial charge in [0.25, 0.3) is 0 Å². The minimum Gasteiger partial charge on any atom is -0.278 e. The first kappa shape index (κ1) is 19.8. The summed E-state index contributed by atoms with van der Waals surface area (Å²) in [5.41, 5.74) is 4.19. The Balaban J connectivity index is 1.69. The standard InChI is InChI=1S/C24H15ClFN5O/c25-18-4-1-3-16(13-18)23-24(31-21(29-23)5-2-11-28-31)17-10-12-27-22(14-17)30(15-32)20-8-6-19(26)7-9-20/h1-15H. The second kappa shape index (κ2) is 8.20. The number of carbonyl (C=O) groups excluding carboxylic acids is 1. The molecule has 6 nitrogen and oxygen atoms in total. The van der Waals surface area contributed by atoms with Gasteiger partial charge in [0.15, 0.2) is 5.65 Å². The number of imidazole rings is 1. The molecule has 0 unspecified atom stereocenters. The SMILES string of the molecule is O=CN(c1ccc(F)cc1)c1cc(-c2c(-c3cccc(Cl)c3)nc3cccnn23)ccn1. The monoisotopic (exact) mass is 443 g/mol. The maximum absolute atomic E-state index is 13.3. The number of rotatable bonds is 5. The number of halogens is 2. The molecule has 0 aliphatic carbocycles. The minimum atomic E-state index is -0.385. The van der Waals surface area contributed by atoms with Crippen molar-refractivity contribution in [2.24, 2.45) is 0 Å². The smallest absolute Gasteiger partial charge is 0.219 e. The topological polar surface area (TPSA) is 63.4 Å². The number of amides is 1. The molecule has 0 fully saturated rings. The summed E-state index contributed by atoms with van der Waals surface area (Å²) in [6.45, 7) is 0. The lowest BCUT2D eigenvalue weighted by Gasteiger charge is -2.17. The molecule has 5 aromatic rings. The van der Waals surface area contributed by atoms with Gasteiger partial charge in [-0.25, -0.2) is 18.9 Å². The van der Waals surface area contributed by atoms with Crippen molar-refractivity contribution in [1.29, 1.82) is 0 Å². The molecule has 0 bridgehead atoms. The highest BCUT2D eigenvalue weighted by Crippen LogP contribution is 2.35. The third kappa shape index (κ3) is 3.59. The van der Waals surface area contributed by atoms with Gasteiger partial charge < -0.3 is 0 Å². The highest BCUT2D eigenvalue weighted by Gasteiger charge is 2.19. The Labute approximate surface area is 187 Å². The lowest BCUT2D eigenvalue weighted by molar-refractivity contribution is -0.106. The van der Waals surface area contributed by atoms with Crippen LogP contribution in [-0.4, -0.2) is 26.0 Å². The molecule has 8 heteroatoms. The largest absolute Gasteiger partial charge is 0.278 e. The van der Waals surface area contributed by atoms with Crippen molar-refractivity contribution in [3.8, 4) is 22.5 Å². The van der Waals surface area contributed by atoms with Crippen molar-refractivity contribution in [2.75, 3.05) is 4.90 Å². The van der Waals surface area contributed by atoms with Crippen LogP contribution in [0.4, 0.5) is 15.9 Å². The van der Waals surface area contributed by atoms with Gasteiger partial charge in [-0.05, 0) is 60.7 Å². The van der Waals surface area contributed by atoms with E-state index in [0.717, 1.165) is 16.8 Å². The molecule has 32 heavy (non-hydrogen) atoms. The fourth-order valence-corrected chi connectivity index (χ4v) is 3.72. The van der Waals surface area contributed by atoms with E-state index in [9.17, 15) is 9.18 Å². The zero-order chi connectivity index (χ0) is 22.1. The number of carbonyl (C=O) groups is 1. The molecule has 0 atom stereocenters. The van der Waals surface area contributed by atoms with Gasteiger partial charge in [-0.1, -0.05) is 23.7 Å². The summed E-state index contributed by atoms with van der Waals surface area (Å²) in [6.07, 6.45) is 3.93. The summed E-state index contributed by atoms with van der Waals surface area (Å²) in [5.74, 6) is -0.00342. The predicted molar refractivity (Wildman–Crippen MR) is 121 cm³/mol. The van der Waals surface area contributed by atoms with Gasteiger partial charge in [0, 0.05) is 28.5 Å². The summed E-state index contributed by atoms with van der Waals surface area (Å²) in [7, 11) is 0. The van der Waals surface area contributed by atoms with Crippen LogP contribution in [0.1, 0.15) is 0 Å². The maximum atomic E-state index is 13.3. The van der Waals surface area contributed by atoms with Crippen LogP contribution < -0.4 is 4.90 Å². The summed E-state index contributed by atoms with van der Waals surface area (Å²) >= 11 is 6.22. The van der Waals surface area contributed by atoms with E-state index in [1.807, 2.05) is 36.4 Å². The number of fused-ring (bicyclic) bond motifs is 1. The molecule has 5 rings (SSSR count). The molecule has 0 aliphatic rings. The zero-order valence-corrected chi connectivity index (χ0v) is 17.3. The van der Waals surface area contributed by atoms with Crippen molar-refractivity contribution in [2.45, 2.75) is 0 Å². The van der Waals surface area contributed by atoms with Crippen molar-refractivity contribution >= 4 is 35.2 Å². The van der Waals surface area contributed by atoms with E-state index in [0.29, 0.717) is 34.3 Å². The first-order valence-electron chi connectivity index (χ1n) is 9.70. The van der Waals surface area contributed by atoms with Crippen molar-refractivity contribution in [1.82, 2.24) is 19.6 Å². The zero-order valence-electron chi connectivity index (χ0n) is 16.6. The molecule has 3 heterocycles. The molecule has 0 aliphatic heterocycles. The van der Waals surface area contributed by atoms with Crippen molar-refractivity contribution in [3.05, 3.63) is 96.0 Å². The first-order valence-corrected chi connectivity index (χ1v) is 10.1. The average Bonchev–Trinajstić information content (AvgIpc) is 3.21. The van der Waals surface area contributed by atoms with Gasteiger partial charge in [0.2, 0.25) is 6.41 Å². The van der Waals surface area contributed by atoms with Gasteiger partial charge >= 0.3 is 0 Å². The van der Waals surface area contributed by atoms with Gasteiger partial charge in [-0.15, -0.1) is 0 Å². The summed E-state index contributed by atoms with van der Waals surface area (Å²) in [4.78, 5) is 22.3. The first-order chi connectivity index (χ1) is 15.6. The Morgan fingerprint density at radius 2 is 1.78 bits per heavy atom. The van der Waals surface area contributed by atoms with Crippen LogP contribution in [0.15, 0.2) is 85.2 Å². The molecule has 0 saturated carbocycles. The fraction of sp³-hybridized carbons (Fsp3) is 0. The molecule has 3 aromatic heterocycles. The predicted octanol–water partition coefficient (Wildman–Crippen LogP) is 5.55. The summed E-state index contributed by atoms with van der Waals surface area (Å²) in [5, 5.41) is 5.06. The lowest BCUT2D eigenvalue weighted by Crippen LogP contribution is -2.15. The highest BCUT2D eigenvalue weighted by atomic mass is 35.5. The minimum absolute atomic E-state index is 0.382. The second-order valence-corrected chi connectivity index (χ2v) is 7.40. The number of anilines is 2. The number of hydrogen-bond donors (Lipinski definition) is 0. The van der Waals surface area contributed by atoms with Crippen LogP contribution in [0.25, 0.3) is 28.2 Å². The van der Waals surface area contributed by atoms with E-state index in [-0.39, 0.29) is 5.82 Å². The molecule has 0 saturated heterocycles. The van der Waals surface area contributed by atoms with Crippen LogP contribution >= 0.6 is 11.6 Å². The van der Waals surface area contributed by atoms with Crippen LogP contribution in [0, 0.1) is 5.82 Å². The fourth-order valence-electron chi connectivity index (χ4n) is 3.53. The van der Waals surface area contributed by atoms with E-state index >= 15 is 0 Å². The Morgan fingerprint density at radius 3 is 2.56 bits per heavy atom. The van der Waals surface area contributed by atoms with Crippen LogP contribution in [0.2, 0.25) is 5.02 Å². The van der Waals surface area contributed by atoms with E-state index < -0.39 is 0 Å². The van der Waals surface area contributed by atoms with E-state index in [1.54, 1.807) is 29.0 Å². The van der Waals surface area contributed by atoms with Crippen LogP contribution in [0.3, 0.4) is 0 Å². The third-order valence-electron chi connectivity index (χ3n) is 4.97. The molecular weight excluding hydrogens is 429 g/mol. The van der Waals surface area contributed by atoms with E-state index in [4.69, 9.17) is 16.6 Å². The molecule has 1 amide bonds. The van der Waals surface area contributed by atoms with E-state index in [2.05, 4.69) is 10.1 Å².